The van der Waals surface area contributed by atoms with Crippen molar-refractivity contribution in [2.45, 2.75) is 25.8 Å². The van der Waals surface area contributed by atoms with Gasteiger partial charge in [0.05, 0.1) is 27.0 Å². The maximum atomic E-state index is 12.7. The van der Waals surface area contributed by atoms with Crippen LogP contribution in [0.5, 0.6) is 0 Å². The third kappa shape index (κ3) is 4.22. The van der Waals surface area contributed by atoms with E-state index in [4.69, 9.17) is 35.0 Å². The van der Waals surface area contributed by atoms with E-state index in [1.807, 2.05) is 4.90 Å². The van der Waals surface area contributed by atoms with Crippen LogP contribution in [0, 0.1) is 6.92 Å². The van der Waals surface area contributed by atoms with Gasteiger partial charge in [0.15, 0.2) is 0 Å². The predicted octanol–water partition coefficient (Wildman–Crippen LogP) is 4.29. The first-order chi connectivity index (χ1) is 13.3. The topological polar surface area (TPSA) is 97.5 Å². The van der Waals surface area contributed by atoms with Crippen LogP contribution in [-0.4, -0.2) is 41.1 Å². The summed E-state index contributed by atoms with van der Waals surface area (Å²) in [5.74, 6) is -1.51. The number of H-pyrrole nitrogens is 1. The van der Waals surface area contributed by atoms with Crippen molar-refractivity contribution in [3.63, 3.8) is 0 Å². The van der Waals surface area contributed by atoms with Gasteiger partial charge in [0.2, 0.25) is 0 Å². The minimum absolute atomic E-state index is 0.0618. The number of nitrogens with zero attached hydrogens (tertiary/aromatic N) is 1. The van der Waals surface area contributed by atoms with Crippen molar-refractivity contribution >= 4 is 58.2 Å². The summed E-state index contributed by atoms with van der Waals surface area (Å²) in [4.78, 5) is 31.7. The summed E-state index contributed by atoms with van der Waals surface area (Å²) >= 11 is 18.0. The van der Waals surface area contributed by atoms with E-state index in [1.165, 1.54) is 6.07 Å². The molecule has 3 rings (SSSR count). The largest absolute Gasteiger partial charge is 0.478 e. The normalized spacial score (nSPS) is 16.9. The Morgan fingerprint density at radius 3 is 2.64 bits per heavy atom. The van der Waals surface area contributed by atoms with Crippen molar-refractivity contribution in [1.82, 2.24) is 9.82 Å². The van der Waals surface area contributed by atoms with Gasteiger partial charge >= 0.3 is 5.97 Å². The number of aromatic nitrogens is 1. The van der Waals surface area contributed by atoms with Gasteiger partial charge in [-0.2, -0.15) is 0 Å². The lowest BCUT2D eigenvalue weighted by Crippen LogP contribution is -2.43. The number of anilines is 2. The number of nitrogens with one attached hydrogen (secondary N) is 3. The minimum Gasteiger partial charge on any atom is -0.478 e. The number of aryl methyl sites for hydroxylation is 1. The first-order valence-electron chi connectivity index (χ1n) is 8.65. The van der Waals surface area contributed by atoms with Crippen LogP contribution in [0.15, 0.2) is 18.2 Å². The van der Waals surface area contributed by atoms with E-state index in [1.54, 1.807) is 19.1 Å². The summed E-state index contributed by atoms with van der Waals surface area (Å²) in [7, 11) is 0. The van der Waals surface area contributed by atoms with E-state index in [-0.39, 0.29) is 22.3 Å². The maximum Gasteiger partial charge on any atom is 0.335 e. The summed E-state index contributed by atoms with van der Waals surface area (Å²) in [6.45, 7) is 3.02. The Morgan fingerprint density at radius 2 is 2.04 bits per heavy atom. The lowest BCUT2D eigenvalue weighted by molar-refractivity contribution is 0.0696. The minimum atomic E-state index is -1.04. The van der Waals surface area contributed by atoms with Crippen molar-refractivity contribution in [2.24, 2.45) is 0 Å². The zero-order valence-electron chi connectivity index (χ0n) is 15.0. The van der Waals surface area contributed by atoms with Crippen LogP contribution >= 0.6 is 35.0 Å². The van der Waals surface area contributed by atoms with Crippen molar-refractivity contribution < 1.29 is 14.7 Å². The number of carboxylic acids is 1. The molecule has 1 aromatic carbocycles. The number of aromatic amines is 1. The number of carbonyl (C=O) groups excluding carboxylic acids is 1. The van der Waals surface area contributed by atoms with Gasteiger partial charge in [-0.1, -0.05) is 23.2 Å². The fourth-order valence-electron chi connectivity index (χ4n) is 3.23. The molecule has 0 spiro atoms. The molecule has 10 heteroatoms. The summed E-state index contributed by atoms with van der Waals surface area (Å²) in [5, 5.41) is 12.6. The summed E-state index contributed by atoms with van der Waals surface area (Å²) in [6, 6.07) is 4.62. The molecule has 1 atom stereocenters. The highest BCUT2D eigenvalue weighted by Gasteiger charge is 2.24. The number of aromatic carboxylic acids is 1. The van der Waals surface area contributed by atoms with Gasteiger partial charge in [-0.15, -0.1) is 0 Å². The average molecular weight is 446 g/mol. The van der Waals surface area contributed by atoms with E-state index in [9.17, 15) is 14.7 Å². The van der Waals surface area contributed by atoms with Crippen molar-refractivity contribution in [3.05, 3.63) is 45.2 Å². The van der Waals surface area contributed by atoms with E-state index >= 15 is 0 Å². The van der Waals surface area contributed by atoms with Crippen molar-refractivity contribution in [1.29, 1.82) is 0 Å². The second kappa shape index (κ2) is 8.61. The monoisotopic (exact) mass is 444 g/mol. The highest BCUT2D eigenvalue weighted by atomic mass is 35.5. The fraction of sp³-hybridized carbons (Fsp3) is 0.333. The summed E-state index contributed by atoms with van der Waals surface area (Å²) < 4.78 is 0. The number of hydrogen-bond acceptors (Lipinski definition) is 4. The molecular formula is C18H19Cl3N4O3. The van der Waals surface area contributed by atoms with E-state index in [0.717, 1.165) is 19.4 Å². The molecule has 0 unspecified atom stereocenters. The molecule has 0 saturated carbocycles. The Kier molecular flexibility index (Phi) is 6.40. The number of piperidine rings is 1. The lowest BCUT2D eigenvalue weighted by Gasteiger charge is -2.35. The highest BCUT2D eigenvalue weighted by molar-refractivity contribution is 6.44. The first kappa shape index (κ1) is 20.8. The second-order valence-electron chi connectivity index (χ2n) is 6.64. The summed E-state index contributed by atoms with van der Waals surface area (Å²) in [5.41, 5.74) is 1.95. The third-order valence-corrected chi connectivity index (χ3v) is 5.95. The number of hydrogen-bond donors (Lipinski definition) is 4. The maximum absolute atomic E-state index is 12.7. The number of amides is 1. The Bertz CT molecular complexity index is 916. The molecule has 1 aromatic heterocycles. The quantitative estimate of drug-likeness (QED) is 0.515. The van der Waals surface area contributed by atoms with Gasteiger partial charge < -0.3 is 20.3 Å². The van der Waals surface area contributed by atoms with E-state index in [0.29, 0.717) is 28.6 Å². The highest BCUT2D eigenvalue weighted by Crippen LogP contribution is 2.33. The van der Waals surface area contributed by atoms with Crippen LogP contribution in [0.4, 0.5) is 11.4 Å². The standard InChI is InChI=1S/C18H19Cl3N4O3/c1-9-14(19)15(20)16(22-9)17(26)23-12-5-4-10(18(27)28)7-13(12)25-6-2-3-11(8-25)24-21/h4-5,7,11,22,24H,2-3,6,8H2,1H3,(H,23,26)(H,27,28)/t11-/m0/s1. The van der Waals surface area contributed by atoms with Gasteiger partial charge in [0, 0.05) is 24.8 Å². The zero-order valence-corrected chi connectivity index (χ0v) is 17.3. The second-order valence-corrected chi connectivity index (χ2v) is 7.61. The number of halogens is 3. The van der Waals surface area contributed by atoms with Gasteiger partial charge in [-0.3, -0.25) is 4.79 Å². The number of carbonyl (C=O) groups is 2. The van der Waals surface area contributed by atoms with Crippen LogP contribution in [-0.2, 0) is 0 Å². The average Bonchev–Trinajstić information content (AvgIpc) is 2.95. The Hall–Kier alpha value is -1.93. The van der Waals surface area contributed by atoms with Crippen molar-refractivity contribution in [3.8, 4) is 0 Å². The molecule has 7 nitrogen and oxygen atoms in total. The number of rotatable bonds is 5. The number of carboxylic acid groups (broad SMARTS) is 1. The molecule has 2 heterocycles. The van der Waals surface area contributed by atoms with Gasteiger partial charge in [0.1, 0.15) is 5.69 Å². The van der Waals surface area contributed by atoms with Crippen LogP contribution in [0.25, 0.3) is 0 Å². The molecule has 1 saturated heterocycles. The van der Waals surface area contributed by atoms with Crippen LogP contribution in [0.3, 0.4) is 0 Å². The van der Waals surface area contributed by atoms with Crippen LogP contribution < -0.4 is 15.1 Å². The molecule has 1 aliphatic rings. The molecule has 1 amide bonds. The number of benzene rings is 1. The van der Waals surface area contributed by atoms with Crippen LogP contribution in [0.1, 0.15) is 39.4 Å². The van der Waals surface area contributed by atoms with Crippen molar-refractivity contribution in [2.75, 3.05) is 23.3 Å². The zero-order chi connectivity index (χ0) is 20.4. The third-order valence-electron chi connectivity index (χ3n) is 4.69. The molecular weight excluding hydrogens is 427 g/mol. The Labute approximate surface area is 177 Å². The first-order valence-corrected chi connectivity index (χ1v) is 9.78. The Balaban J connectivity index is 1.94. The molecule has 0 aliphatic carbocycles. The molecule has 2 aromatic rings. The molecule has 4 N–H and O–H groups in total. The molecule has 1 aliphatic heterocycles. The van der Waals surface area contributed by atoms with E-state index in [2.05, 4.69) is 15.1 Å². The van der Waals surface area contributed by atoms with Crippen LogP contribution in [0.2, 0.25) is 10.0 Å². The Morgan fingerprint density at radius 1 is 1.29 bits per heavy atom. The predicted molar refractivity (Wildman–Crippen MR) is 111 cm³/mol. The smallest absolute Gasteiger partial charge is 0.335 e. The van der Waals surface area contributed by atoms with Gasteiger partial charge in [0.25, 0.3) is 5.91 Å². The molecule has 0 radical (unpaired) electrons. The van der Waals surface area contributed by atoms with Gasteiger partial charge in [-0.05, 0) is 49.7 Å². The lowest BCUT2D eigenvalue weighted by atomic mass is 10.0. The van der Waals surface area contributed by atoms with E-state index < -0.39 is 11.9 Å². The van der Waals surface area contributed by atoms with Gasteiger partial charge in [-0.25, -0.2) is 9.63 Å². The molecule has 1 fully saturated rings. The molecule has 150 valence electrons. The summed E-state index contributed by atoms with van der Waals surface area (Å²) in [6.07, 6.45) is 1.79. The fourth-order valence-corrected chi connectivity index (χ4v) is 3.82. The molecule has 0 bridgehead atoms. The SMILES string of the molecule is Cc1[nH]c(C(=O)Nc2ccc(C(=O)O)cc2N2CCC[C@H](NCl)C2)c(Cl)c1Cl. The molecule has 28 heavy (non-hydrogen) atoms.